The van der Waals surface area contributed by atoms with Crippen molar-refractivity contribution in [3.05, 3.63) is 90.3 Å². The van der Waals surface area contributed by atoms with E-state index in [1.807, 2.05) is 73.0 Å². The number of furan rings is 1. The minimum Gasteiger partial charge on any atom is -0.485 e. The van der Waals surface area contributed by atoms with Crippen molar-refractivity contribution in [1.82, 2.24) is 24.9 Å². The number of hydrogen-bond acceptors (Lipinski definition) is 8. The molecule has 33 heavy (non-hydrogen) atoms. The Bertz CT molecular complexity index is 1330. The summed E-state index contributed by atoms with van der Waals surface area (Å²) in [6.45, 7) is 4.28. The second-order valence-corrected chi connectivity index (χ2v) is 8.63. The molecule has 166 valence electrons. The smallest absolute Gasteiger partial charge is 0.240 e. The van der Waals surface area contributed by atoms with Crippen LogP contribution in [0.1, 0.15) is 29.5 Å². The van der Waals surface area contributed by atoms with Gasteiger partial charge in [-0.25, -0.2) is 0 Å². The van der Waals surface area contributed by atoms with Gasteiger partial charge >= 0.3 is 0 Å². The first-order valence-corrected chi connectivity index (χ1v) is 11.3. The van der Waals surface area contributed by atoms with Crippen LogP contribution in [0.2, 0.25) is 0 Å². The summed E-state index contributed by atoms with van der Waals surface area (Å²) in [6, 6.07) is 21.4. The average Bonchev–Trinajstić information content (AvgIpc) is 3.60. The summed E-state index contributed by atoms with van der Waals surface area (Å²) < 4.78 is 18.9. The third kappa shape index (κ3) is 4.54. The van der Waals surface area contributed by atoms with Crippen molar-refractivity contribution in [2.45, 2.75) is 30.9 Å². The summed E-state index contributed by atoms with van der Waals surface area (Å²) in [6.07, 6.45) is 1.58. The number of rotatable bonds is 8. The minimum atomic E-state index is -0.155. The third-order valence-corrected chi connectivity index (χ3v) is 6.01. The zero-order chi connectivity index (χ0) is 22.6. The Morgan fingerprint density at radius 2 is 1.82 bits per heavy atom. The molecule has 0 aliphatic carbocycles. The van der Waals surface area contributed by atoms with Gasteiger partial charge in [-0.05, 0) is 49.7 Å². The van der Waals surface area contributed by atoms with Gasteiger partial charge in [-0.1, -0.05) is 53.3 Å². The van der Waals surface area contributed by atoms with Crippen molar-refractivity contribution in [3.63, 3.8) is 0 Å². The van der Waals surface area contributed by atoms with E-state index in [4.69, 9.17) is 13.7 Å². The van der Waals surface area contributed by atoms with Crippen molar-refractivity contribution in [1.29, 1.82) is 0 Å². The zero-order valence-corrected chi connectivity index (χ0v) is 18.9. The van der Waals surface area contributed by atoms with Crippen LogP contribution >= 0.6 is 11.8 Å². The lowest BCUT2D eigenvalue weighted by molar-refractivity contribution is 0.291. The molecular formula is C24H21N5O3S. The number of aromatic nitrogens is 5. The van der Waals surface area contributed by atoms with Crippen molar-refractivity contribution in [3.8, 4) is 23.0 Å². The van der Waals surface area contributed by atoms with Gasteiger partial charge in [-0.2, -0.15) is 4.98 Å². The number of hydrogen-bond donors (Lipinski definition) is 0. The van der Waals surface area contributed by atoms with Gasteiger partial charge in [-0.15, -0.1) is 10.2 Å². The van der Waals surface area contributed by atoms with E-state index in [1.165, 1.54) is 11.8 Å². The highest BCUT2D eigenvalue weighted by atomic mass is 32.2. The van der Waals surface area contributed by atoms with E-state index < -0.39 is 0 Å². The van der Waals surface area contributed by atoms with Gasteiger partial charge in [0.15, 0.2) is 16.7 Å². The van der Waals surface area contributed by atoms with Crippen LogP contribution in [-0.2, 0) is 6.61 Å². The molecule has 2 aromatic carbocycles. The van der Waals surface area contributed by atoms with Crippen LogP contribution in [0.15, 0.2) is 87.1 Å². The Hall–Kier alpha value is -3.85. The zero-order valence-electron chi connectivity index (χ0n) is 18.1. The monoisotopic (exact) mass is 459 g/mol. The molecule has 0 amide bonds. The van der Waals surface area contributed by atoms with E-state index in [2.05, 4.69) is 20.3 Å². The molecule has 5 rings (SSSR count). The van der Waals surface area contributed by atoms with E-state index >= 15 is 0 Å². The fourth-order valence-electron chi connectivity index (χ4n) is 3.28. The number of benzene rings is 2. The second-order valence-electron chi connectivity index (χ2n) is 7.32. The molecule has 0 aliphatic heterocycles. The molecule has 5 aromatic rings. The molecular weight excluding hydrogens is 438 g/mol. The lowest BCUT2D eigenvalue weighted by atomic mass is 10.2. The van der Waals surface area contributed by atoms with Crippen LogP contribution in [-0.4, -0.2) is 24.9 Å². The molecule has 0 spiro atoms. The Morgan fingerprint density at radius 3 is 2.61 bits per heavy atom. The summed E-state index contributed by atoms with van der Waals surface area (Å²) in [4.78, 5) is 4.47. The van der Waals surface area contributed by atoms with Crippen molar-refractivity contribution < 1.29 is 13.7 Å². The molecule has 0 bridgehead atoms. The maximum atomic E-state index is 6.05. The molecule has 0 N–H and O–H groups in total. The van der Waals surface area contributed by atoms with Gasteiger partial charge in [0.1, 0.15) is 12.4 Å². The quantitative estimate of drug-likeness (QED) is 0.275. The average molecular weight is 460 g/mol. The first kappa shape index (κ1) is 21.0. The Morgan fingerprint density at radius 1 is 1.00 bits per heavy atom. The highest BCUT2D eigenvalue weighted by Gasteiger charge is 2.22. The molecule has 0 radical (unpaired) electrons. The van der Waals surface area contributed by atoms with Gasteiger partial charge in [0.2, 0.25) is 11.7 Å². The lowest BCUT2D eigenvalue weighted by Gasteiger charge is -2.13. The number of aryl methyl sites for hydroxylation is 1. The molecule has 1 atom stereocenters. The molecule has 3 heterocycles. The Kier molecular flexibility index (Phi) is 5.95. The third-order valence-electron chi connectivity index (χ3n) is 4.98. The Labute approximate surface area is 194 Å². The first-order valence-electron chi connectivity index (χ1n) is 10.4. The van der Waals surface area contributed by atoms with Crippen molar-refractivity contribution in [2.24, 2.45) is 0 Å². The summed E-state index contributed by atoms with van der Waals surface area (Å²) in [5.41, 5.74) is 2.01. The van der Waals surface area contributed by atoms with Crippen LogP contribution in [0.5, 0.6) is 5.75 Å². The number of nitrogens with zero attached hydrogens (tertiary/aromatic N) is 5. The van der Waals surface area contributed by atoms with Gasteiger partial charge in [0.05, 0.1) is 11.5 Å². The maximum Gasteiger partial charge on any atom is 0.240 e. The summed E-state index contributed by atoms with van der Waals surface area (Å²) in [7, 11) is 0. The second kappa shape index (κ2) is 9.33. The van der Waals surface area contributed by atoms with Gasteiger partial charge < -0.3 is 13.7 Å². The normalized spacial score (nSPS) is 12.1. The fraction of sp³-hybridized carbons (Fsp3) is 0.167. The van der Waals surface area contributed by atoms with E-state index in [0.717, 1.165) is 17.0 Å². The fourth-order valence-corrected chi connectivity index (χ4v) is 4.20. The summed E-state index contributed by atoms with van der Waals surface area (Å²) in [5.74, 6) is 2.97. The molecule has 8 nitrogen and oxygen atoms in total. The topological polar surface area (TPSA) is 92.0 Å². The standard InChI is InChI=1S/C24H21N5O3S/c1-16-9-6-7-12-19(16)31-15-21-26-27-24(29(21)18-10-4-3-5-11-18)33-17(2)23-25-22(28-32-23)20-13-8-14-30-20/h3-14,17H,15H2,1-2H3. The number of ether oxygens (including phenoxy) is 1. The first-order chi connectivity index (χ1) is 16.2. The molecule has 1 unspecified atom stereocenters. The molecule has 0 saturated heterocycles. The predicted octanol–water partition coefficient (Wildman–Crippen LogP) is 5.65. The maximum absolute atomic E-state index is 6.05. The van der Waals surface area contributed by atoms with E-state index in [-0.39, 0.29) is 11.9 Å². The summed E-state index contributed by atoms with van der Waals surface area (Å²) in [5, 5.41) is 13.4. The summed E-state index contributed by atoms with van der Waals surface area (Å²) >= 11 is 1.48. The SMILES string of the molecule is Cc1ccccc1OCc1nnc(SC(C)c2nc(-c3ccco3)no2)n1-c1ccccc1. The van der Waals surface area contributed by atoms with Crippen LogP contribution in [0.25, 0.3) is 17.3 Å². The molecule has 3 aromatic heterocycles. The lowest BCUT2D eigenvalue weighted by Crippen LogP contribution is -2.07. The molecule has 0 fully saturated rings. The van der Waals surface area contributed by atoms with Crippen LogP contribution in [0.3, 0.4) is 0 Å². The largest absolute Gasteiger partial charge is 0.485 e. The van der Waals surface area contributed by atoms with E-state index in [9.17, 15) is 0 Å². The number of para-hydroxylation sites is 2. The van der Waals surface area contributed by atoms with Gasteiger partial charge in [0, 0.05) is 5.69 Å². The van der Waals surface area contributed by atoms with E-state index in [1.54, 1.807) is 18.4 Å². The minimum absolute atomic E-state index is 0.155. The van der Waals surface area contributed by atoms with Crippen LogP contribution in [0, 0.1) is 6.92 Å². The Balaban J connectivity index is 1.40. The van der Waals surface area contributed by atoms with E-state index in [0.29, 0.717) is 28.5 Å². The van der Waals surface area contributed by atoms with Gasteiger partial charge in [-0.3, -0.25) is 4.57 Å². The highest BCUT2D eigenvalue weighted by molar-refractivity contribution is 7.99. The molecule has 0 aliphatic rings. The predicted molar refractivity (Wildman–Crippen MR) is 123 cm³/mol. The highest BCUT2D eigenvalue weighted by Crippen LogP contribution is 2.35. The van der Waals surface area contributed by atoms with Crippen LogP contribution < -0.4 is 4.74 Å². The van der Waals surface area contributed by atoms with Crippen molar-refractivity contribution >= 4 is 11.8 Å². The molecule has 9 heteroatoms. The van der Waals surface area contributed by atoms with Crippen LogP contribution in [0.4, 0.5) is 0 Å². The molecule has 0 saturated carbocycles. The van der Waals surface area contributed by atoms with Gasteiger partial charge in [0.25, 0.3) is 0 Å². The van der Waals surface area contributed by atoms with Crippen molar-refractivity contribution in [2.75, 3.05) is 0 Å². The number of thioether (sulfide) groups is 1.